The Morgan fingerprint density at radius 2 is 2.06 bits per heavy atom. The number of carbonyl (C=O) groups excluding carboxylic acids is 1. The molecule has 1 amide bonds. The third kappa shape index (κ3) is 1.56. The highest BCUT2D eigenvalue weighted by molar-refractivity contribution is 5.92. The standard InChI is InChI=1S/C9H8F3NO3/c10-9(11,12)6(8(15)16)4-1-3-2-5(4)13-7(3)14/h3,5H,1-2H2,(H,13,14)(H,15,16)/b6-4-/t3-,5-/m0/s1. The molecular weight excluding hydrogens is 227 g/mol. The van der Waals surface area contributed by atoms with Gasteiger partial charge in [0.1, 0.15) is 5.57 Å². The molecule has 2 rings (SSSR count). The number of hydrogen-bond donors (Lipinski definition) is 2. The fourth-order valence-electron chi connectivity index (χ4n) is 2.27. The highest BCUT2D eigenvalue weighted by atomic mass is 19.4. The van der Waals surface area contributed by atoms with Crippen molar-refractivity contribution in [1.29, 1.82) is 0 Å². The molecule has 1 aliphatic carbocycles. The summed E-state index contributed by atoms with van der Waals surface area (Å²) in [6, 6.07) is -0.759. The summed E-state index contributed by atoms with van der Waals surface area (Å²) < 4.78 is 37.5. The predicted molar refractivity (Wildman–Crippen MR) is 45.4 cm³/mol. The van der Waals surface area contributed by atoms with Gasteiger partial charge in [0.25, 0.3) is 0 Å². The first-order chi connectivity index (χ1) is 7.30. The van der Waals surface area contributed by atoms with Crippen LogP contribution in [-0.4, -0.2) is 29.2 Å². The Morgan fingerprint density at radius 3 is 2.38 bits per heavy atom. The number of aliphatic carboxylic acids is 1. The lowest BCUT2D eigenvalue weighted by atomic mass is 9.99. The molecule has 2 fully saturated rings. The smallest absolute Gasteiger partial charge is 0.423 e. The minimum Gasteiger partial charge on any atom is -0.478 e. The summed E-state index contributed by atoms with van der Waals surface area (Å²) >= 11 is 0. The topological polar surface area (TPSA) is 66.4 Å². The second kappa shape index (κ2) is 3.23. The average Bonchev–Trinajstić information content (AvgIpc) is 2.59. The van der Waals surface area contributed by atoms with Crippen LogP contribution in [0.5, 0.6) is 0 Å². The summed E-state index contributed by atoms with van der Waals surface area (Å²) in [7, 11) is 0. The van der Waals surface area contributed by atoms with Gasteiger partial charge in [0.15, 0.2) is 0 Å². The monoisotopic (exact) mass is 235 g/mol. The van der Waals surface area contributed by atoms with Gasteiger partial charge in [0.05, 0.1) is 6.04 Å². The zero-order valence-electron chi connectivity index (χ0n) is 7.97. The van der Waals surface area contributed by atoms with Crippen molar-refractivity contribution < 1.29 is 27.9 Å². The molecule has 16 heavy (non-hydrogen) atoms. The minimum absolute atomic E-state index is 0.0996. The summed E-state index contributed by atoms with van der Waals surface area (Å²) in [5.41, 5.74) is -1.73. The van der Waals surface area contributed by atoms with Gasteiger partial charge in [0.2, 0.25) is 5.91 Å². The number of piperidine rings is 1. The number of rotatable bonds is 1. The zero-order chi connectivity index (χ0) is 12.1. The van der Waals surface area contributed by atoms with Gasteiger partial charge in [-0.15, -0.1) is 0 Å². The number of nitrogens with one attached hydrogen (secondary N) is 1. The SMILES string of the molecule is O=C(O)/C(=C1\C[C@H]2C[C@@H]1NC2=O)C(F)(F)F. The van der Waals surface area contributed by atoms with Crippen molar-refractivity contribution in [3.63, 3.8) is 0 Å². The van der Waals surface area contributed by atoms with Crippen LogP contribution in [0.2, 0.25) is 0 Å². The quantitative estimate of drug-likeness (QED) is 0.662. The van der Waals surface area contributed by atoms with Gasteiger partial charge in [-0.3, -0.25) is 4.79 Å². The van der Waals surface area contributed by atoms with Crippen LogP contribution in [0.25, 0.3) is 0 Å². The maximum absolute atomic E-state index is 12.5. The molecule has 0 spiro atoms. The lowest BCUT2D eigenvalue weighted by Crippen LogP contribution is -2.36. The van der Waals surface area contributed by atoms with Crippen LogP contribution in [0.15, 0.2) is 11.1 Å². The Balaban J connectivity index is 2.41. The number of alkyl halides is 3. The van der Waals surface area contributed by atoms with Gasteiger partial charge in [0, 0.05) is 5.92 Å². The van der Waals surface area contributed by atoms with Crippen molar-refractivity contribution >= 4 is 11.9 Å². The Morgan fingerprint density at radius 1 is 1.44 bits per heavy atom. The number of carboxylic acid groups (broad SMARTS) is 1. The van der Waals surface area contributed by atoms with Crippen molar-refractivity contribution in [1.82, 2.24) is 5.32 Å². The molecule has 0 aromatic rings. The summed E-state index contributed by atoms with van der Waals surface area (Å²) in [6.07, 6.45) is -4.71. The molecule has 88 valence electrons. The molecule has 7 heteroatoms. The van der Waals surface area contributed by atoms with Crippen molar-refractivity contribution in [3.8, 4) is 0 Å². The third-order valence-corrected chi connectivity index (χ3v) is 2.91. The molecular formula is C9H8F3NO3. The fraction of sp³-hybridized carbons (Fsp3) is 0.556. The highest BCUT2D eigenvalue weighted by Gasteiger charge is 2.49. The van der Waals surface area contributed by atoms with E-state index in [0.717, 1.165) is 0 Å². The van der Waals surface area contributed by atoms with E-state index >= 15 is 0 Å². The Hall–Kier alpha value is -1.53. The Labute approximate surface area is 88.1 Å². The van der Waals surface area contributed by atoms with Crippen LogP contribution in [0, 0.1) is 5.92 Å². The molecule has 1 saturated heterocycles. The van der Waals surface area contributed by atoms with Gasteiger partial charge >= 0.3 is 12.1 Å². The first kappa shape index (κ1) is 11.0. The van der Waals surface area contributed by atoms with E-state index < -0.39 is 29.7 Å². The number of carbonyl (C=O) groups is 2. The fourth-order valence-corrected chi connectivity index (χ4v) is 2.27. The largest absolute Gasteiger partial charge is 0.478 e. The summed E-state index contributed by atoms with van der Waals surface area (Å²) in [4.78, 5) is 21.7. The molecule has 0 aromatic carbocycles. The minimum atomic E-state index is -4.88. The van der Waals surface area contributed by atoms with E-state index in [1.54, 1.807) is 0 Å². The van der Waals surface area contributed by atoms with E-state index in [1.165, 1.54) is 0 Å². The predicted octanol–water partition coefficient (Wildman–Crippen LogP) is 0.838. The van der Waals surface area contributed by atoms with E-state index in [0.29, 0.717) is 0 Å². The van der Waals surface area contributed by atoms with Crippen molar-refractivity contribution in [3.05, 3.63) is 11.1 Å². The van der Waals surface area contributed by atoms with Crippen molar-refractivity contribution in [2.24, 2.45) is 5.92 Å². The molecule has 0 radical (unpaired) electrons. The third-order valence-electron chi connectivity index (χ3n) is 2.91. The van der Waals surface area contributed by atoms with Crippen LogP contribution in [0.3, 0.4) is 0 Å². The van der Waals surface area contributed by atoms with Crippen molar-refractivity contribution in [2.75, 3.05) is 0 Å². The number of amides is 1. The van der Waals surface area contributed by atoms with Crippen LogP contribution in [0.4, 0.5) is 13.2 Å². The molecule has 2 aliphatic rings. The molecule has 4 nitrogen and oxygen atoms in total. The average molecular weight is 235 g/mol. The lowest BCUT2D eigenvalue weighted by Gasteiger charge is -2.19. The molecule has 1 saturated carbocycles. The van der Waals surface area contributed by atoms with E-state index in [9.17, 15) is 22.8 Å². The molecule has 0 unspecified atom stereocenters. The van der Waals surface area contributed by atoms with Crippen LogP contribution >= 0.6 is 0 Å². The van der Waals surface area contributed by atoms with Gasteiger partial charge in [-0.05, 0) is 18.4 Å². The van der Waals surface area contributed by atoms with Gasteiger partial charge in [-0.25, -0.2) is 4.79 Å². The second-order valence-corrected chi connectivity index (χ2v) is 3.90. The van der Waals surface area contributed by atoms with Crippen LogP contribution < -0.4 is 5.32 Å². The zero-order valence-corrected chi connectivity index (χ0v) is 7.97. The number of fused-ring (bicyclic) bond motifs is 2. The number of carboxylic acids is 1. The molecule has 2 N–H and O–H groups in total. The molecule has 2 bridgehead atoms. The van der Waals surface area contributed by atoms with E-state index in [-0.39, 0.29) is 24.3 Å². The molecule has 2 atom stereocenters. The van der Waals surface area contributed by atoms with Crippen molar-refractivity contribution in [2.45, 2.75) is 25.1 Å². The number of hydrogen-bond acceptors (Lipinski definition) is 2. The molecule has 1 aliphatic heterocycles. The molecule has 0 aromatic heterocycles. The Bertz CT molecular complexity index is 399. The van der Waals surface area contributed by atoms with Gasteiger partial charge in [-0.2, -0.15) is 13.2 Å². The maximum Gasteiger partial charge on any atom is 0.423 e. The van der Waals surface area contributed by atoms with Gasteiger partial charge in [-0.1, -0.05) is 0 Å². The van der Waals surface area contributed by atoms with Crippen LogP contribution in [0.1, 0.15) is 12.8 Å². The summed E-state index contributed by atoms with van der Waals surface area (Å²) in [5, 5.41) is 10.9. The first-order valence-electron chi connectivity index (χ1n) is 4.64. The van der Waals surface area contributed by atoms with Crippen LogP contribution in [-0.2, 0) is 9.59 Å². The van der Waals surface area contributed by atoms with E-state index in [4.69, 9.17) is 5.11 Å². The summed E-state index contributed by atoms with van der Waals surface area (Å²) in [5.74, 6) is -2.78. The van der Waals surface area contributed by atoms with E-state index in [2.05, 4.69) is 5.32 Å². The van der Waals surface area contributed by atoms with Gasteiger partial charge < -0.3 is 10.4 Å². The lowest BCUT2D eigenvalue weighted by molar-refractivity contribution is -0.145. The summed E-state index contributed by atoms with van der Waals surface area (Å²) in [6.45, 7) is 0. The second-order valence-electron chi connectivity index (χ2n) is 3.90. The maximum atomic E-state index is 12.5. The highest BCUT2D eigenvalue weighted by Crippen LogP contribution is 2.42. The molecule has 1 heterocycles. The normalized spacial score (nSPS) is 31.6. The number of halogens is 3. The Kier molecular flexibility index (Phi) is 2.21. The van der Waals surface area contributed by atoms with E-state index in [1.807, 2.05) is 0 Å². The first-order valence-corrected chi connectivity index (χ1v) is 4.64.